The zero-order chi connectivity index (χ0) is 29.0. The van der Waals surface area contributed by atoms with E-state index in [-0.39, 0.29) is 23.8 Å². The molecule has 1 aliphatic heterocycles. The van der Waals surface area contributed by atoms with E-state index in [0.29, 0.717) is 42.5 Å². The van der Waals surface area contributed by atoms with Gasteiger partial charge in [-0.2, -0.15) is 18.2 Å². The van der Waals surface area contributed by atoms with E-state index in [0.717, 1.165) is 25.9 Å². The minimum Gasteiger partial charge on any atom is -0.496 e. The molecule has 2 fully saturated rings. The van der Waals surface area contributed by atoms with Gasteiger partial charge in [0.05, 0.1) is 18.6 Å². The molecule has 1 saturated heterocycles. The van der Waals surface area contributed by atoms with Crippen LogP contribution in [0.2, 0.25) is 0 Å². The third-order valence-electron chi connectivity index (χ3n) is 7.76. The molecular weight excluding hydrogens is 527 g/mol. The second-order valence-electron chi connectivity index (χ2n) is 10.3. The first kappa shape index (κ1) is 29.4. The van der Waals surface area contributed by atoms with Gasteiger partial charge in [-0.3, -0.25) is 9.59 Å². The van der Waals surface area contributed by atoms with E-state index >= 15 is 0 Å². The summed E-state index contributed by atoms with van der Waals surface area (Å²) in [5.41, 5.74) is -0.201. The number of methoxy groups -OCH3 is 1. The van der Waals surface area contributed by atoms with Crippen LogP contribution >= 0.6 is 0 Å². The van der Waals surface area contributed by atoms with Gasteiger partial charge in [0.2, 0.25) is 11.9 Å². The van der Waals surface area contributed by atoms with Crippen molar-refractivity contribution in [2.24, 2.45) is 5.92 Å². The van der Waals surface area contributed by atoms with E-state index in [1.165, 1.54) is 14.2 Å². The molecule has 2 amide bonds. The van der Waals surface area contributed by atoms with Crippen molar-refractivity contribution in [1.29, 1.82) is 0 Å². The molecule has 40 heavy (non-hydrogen) atoms. The molecule has 13 heteroatoms. The number of piperidine rings is 1. The van der Waals surface area contributed by atoms with E-state index in [1.807, 2.05) is 0 Å². The Morgan fingerprint density at radius 3 is 2.52 bits per heavy atom. The van der Waals surface area contributed by atoms with Crippen molar-refractivity contribution in [3.05, 3.63) is 35.5 Å². The Labute approximate surface area is 231 Å². The summed E-state index contributed by atoms with van der Waals surface area (Å²) in [6.45, 7) is 1.83. The summed E-state index contributed by atoms with van der Waals surface area (Å²) in [5, 5.41) is 8.34. The minimum absolute atomic E-state index is 0.0745. The smallest absolute Gasteiger partial charge is 0.421 e. The summed E-state index contributed by atoms with van der Waals surface area (Å²) < 4.78 is 46.8. The fourth-order valence-corrected chi connectivity index (χ4v) is 5.38. The predicted molar refractivity (Wildman–Crippen MR) is 145 cm³/mol. The molecule has 2 aliphatic rings. The highest BCUT2D eigenvalue weighted by molar-refractivity contribution is 5.97. The molecule has 0 unspecified atom stereocenters. The van der Waals surface area contributed by atoms with Crippen LogP contribution in [0.1, 0.15) is 48.0 Å². The molecule has 1 saturated carbocycles. The van der Waals surface area contributed by atoms with Crippen LogP contribution in [0.5, 0.6) is 5.75 Å². The van der Waals surface area contributed by atoms with Gasteiger partial charge in [0.15, 0.2) is 0 Å². The largest absolute Gasteiger partial charge is 0.496 e. The third-order valence-corrected chi connectivity index (χ3v) is 7.76. The van der Waals surface area contributed by atoms with E-state index in [1.54, 1.807) is 30.1 Å². The van der Waals surface area contributed by atoms with Crippen LogP contribution in [0.4, 0.5) is 30.6 Å². The third kappa shape index (κ3) is 6.57. The number of rotatable bonds is 8. The average molecular weight is 564 g/mol. The van der Waals surface area contributed by atoms with Crippen LogP contribution in [-0.4, -0.2) is 85.0 Å². The Balaban J connectivity index is 1.54. The molecule has 1 aromatic heterocycles. The number of nitrogens with zero attached hydrogens (tertiary/aromatic N) is 4. The second kappa shape index (κ2) is 12.3. The lowest BCUT2D eigenvalue weighted by Gasteiger charge is -2.35. The van der Waals surface area contributed by atoms with Gasteiger partial charge in [-0.05, 0) is 58.0 Å². The summed E-state index contributed by atoms with van der Waals surface area (Å²) in [4.78, 5) is 37.4. The maximum atomic E-state index is 13.8. The van der Waals surface area contributed by atoms with Crippen molar-refractivity contribution in [2.45, 2.75) is 50.4 Å². The molecule has 1 aromatic carbocycles. The molecule has 2 aromatic rings. The average Bonchev–Trinajstić information content (AvgIpc) is 3.39. The molecule has 218 valence electrons. The van der Waals surface area contributed by atoms with Crippen LogP contribution in [0, 0.1) is 5.92 Å². The normalized spacial score (nSPS) is 20.2. The number of hydrogen-bond donors (Lipinski definition) is 3. The van der Waals surface area contributed by atoms with Crippen molar-refractivity contribution < 1.29 is 27.5 Å². The highest BCUT2D eigenvalue weighted by atomic mass is 19.4. The van der Waals surface area contributed by atoms with E-state index in [2.05, 4.69) is 37.9 Å². The quantitative estimate of drug-likeness (QED) is 0.446. The first-order valence-corrected chi connectivity index (χ1v) is 13.3. The molecule has 0 radical (unpaired) electrons. The van der Waals surface area contributed by atoms with Gasteiger partial charge < -0.3 is 30.5 Å². The van der Waals surface area contributed by atoms with Crippen LogP contribution in [-0.2, 0) is 11.0 Å². The maximum absolute atomic E-state index is 13.8. The van der Waals surface area contributed by atoms with Crippen LogP contribution in [0.25, 0.3) is 0 Å². The fourth-order valence-electron chi connectivity index (χ4n) is 5.38. The lowest BCUT2D eigenvalue weighted by molar-refractivity contribution is -0.137. The van der Waals surface area contributed by atoms with Gasteiger partial charge >= 0.3 is 6.18 Å². The fraction of sp³-hybridized carbons (Fsp3) is 0.556. The van der Waals surface area contributed by atoms with E-state index in [9.17, 15) is 22.8 Å². The summed E-state index contributed by atoms with van der Waals surface area (Å²) in [6, 6.07) is 4.47. The number of halogens is 3. The highest BCUT2D eigenvalue weighted by Gasteiger charge is 2.38. The van der Waals surface area contributed by atoms with Crippen LogP contribution in [0.15, 0.2) is 24.4 Å². The number of anilines is 3. The Bertz CT molecular complexity index is 1220. The molecular formula is C27H36F3N7O3. The highest BCUT2D eigenvalue weighted by Crippen LogP contribution is 2.37. The molecule has 2 atom stereocenters. The van der Waals surface area contributed by atoms with E-state index in [4.69, 9.17) is 4.74 Å². The molecule has 4 rings (SSSR count). The van der Waals surface area contributed by atoms with Gasteiger partial charge in [0.25, 0.3) is 5.91 Å². The Morgan fingerprint density at radius 1 is 1.15 bits per heavy atom. The van der Waals surface area contributed by atoms with Gasteiger partial charge in [0.1, 0.15) is 17.1 Å². The lowest BCUT2D eigenvalue weighted by Crippen LogP contribution is -2.44. The van der Waals surface area contributed by atoms with Gasteiger partial charge in [-0.1, -0.05) is 6.42 Å². The van der Waals surface area contributed by atoms with Crippen molar-refractivity contribution in [2.75, 3.05) is 52.0 Å². The molecule has 10 nitrogen and oxygen atoms in total. The number of nitrogens with one attached hydrogen (secondary N) is 3. The van der Waals surface area contributed by atoms with Crippen LogP contribution in [0.3, 0.4) is 0 Å². The van der Waals surface area contributed by atoms with E-state index < -0.39 is 29.5 Å². The number of ether oxygens (including phenoxy) is 1. The standard InChI is InChI=1S/C27H36F3N7O3/c1-31-24(38)18-6-5-7-21(18)34-23-20(27(28,29)30)15-32-26(35-23)33-16-8-9-19(22(14-16)40-4)25(39)37(3)17-10-12-36(2)13-11-17/h8-9,14-15,17-18,21H,5-7,10-13H2,1-4H3,(H,31,38)(H2,32,33,34,35)/t18-,21+/m0/s1. The first-order chi connectivity index (χ1) is 19.0. The number of carbonyl (C=O) groups excluding carboxylic acids is 2. The lowest BCUT2D eigenvalue weighted by atomic mass is 10.0. The minimum atomic E-state index is -4.69. The summed E-state index contributed by atoms with van der Waals surface area (Å²) in [7, 11) is 6.80. The monoisotopic (exact) mass is 563 g/mol. The zero-order valence-corrected chi connectivity index (χ0v) is 23.1. The summed E-state index contributed by atoms with van der Waals surface area (Å²) in [6.07, 6.45) is -0.376. The van der Waals surface area contributed by atoms with Crippen molar-refractivity contribution in [1.82, 2.24) is 25.1 Å². The maximum Gasteiger partial charge on any atom is 0.421 e. The Kier molecular flexibility index (Phi) is 9.02. The first-order valence-electron chi connectivity index (χ1n) is 13.3. The number of benzene rings is 1. The second-order valence-corrected chi connectivity index (χ2v) is 10.3. The summed E-state index contributed by atoms with van der Waals surface area (Å²) in [5.74, 6) is -1.01. The molecule has 2 heterocycles. The van der Waals surface area contributed by atoms with Crippen LogP contribution < -0.4 is 20.7 Å². The number of likely N-dealkylation sites (tertiary alicyclic amines) is 1. The van der Waals surface area contributed by atoms with Gasteiger partial charge in [0, 0.05) is 44.1 Å². The molecule has 1 aliphatic carbocycles. The molecule has 0 bridgehead atoms. The molecule has 3 N–H and O–H groups in total. The Morgan fingerprint density at radius 2 is 1.88 bits per heavy atom. The number of hydrogen-bond acceptors (Lipinski definition) is 8. The predicted octanol–water partition coefficient (Wildman–Crippen LogP) is 3.74. The van der Waals surface area contributed by atoms with Crippen molar-refractivity contribution in [3.63, 3.8) is 0 Å². The topological polar surface area (TPSA) is 112 Å². The molecule has 0 spiro atoms. The summed E-state index contributed by atoms with van der Waals surface area (Å²) >= 11 is 0. The number of carbonyl (C=O) groups is 2. The van der Waals surface area contributed by atoms with Crippen molar-refractivity contribution >= 4 is 29.3 Å². The van der Waals surface area contributed by atoms with Crippen molar-refractivity contribution in [3.8, 4) is 5.75 Å². The number of aromatic nitrogens is 2. The van der Waals surface area contributed by atoms with Gasteiger partial charge in [-0.25, -0.2) is 4.98 Å². The van der Waals surface area contributed by atoms with Gasteiger partial charge in [-0.15, -0.1) is 0 Å². The Hall–Kier alpha value is -3.61. The zero-order valence-electron chi connectivity index (χ0n) is 23.1. The SMILES string of the molecule is CNC(=O)[C@H]1CCC[C@H]1Nc1nc(Nc2ccc(C(=O)N(C)C3CCN(C)CC3)c(OC)c2)ncc1C(F)(F)F. The number of amides is 2. The number of alkyl halides is 3.